The number of hydrogen-bond donors (Lipinski definition) is 0. The van der Waals surface area contributed by atoms with Crippen molar-refractivity contribution in [2.45, 2.75) is 19.8 Å². The second kappa shape index (κ2) is 7.30. The normalized spacial score (nSPS) is 13.1. The van der Waals surface area contributed by atoms with Crippen LogP contribution in [0, 0.1) is 0 Å². The standard InChI is InChI=1S/C20H20N2O3/c1-2-21(15-9-4-3-5-10-15)18(23)13-8-14-22-19(24)16-11-6-7-12-17(16)20(22)25/h3-7,9-12H,2,8,13-14H2,1H3. The molecule has 0 atom stereocenters. The fraction of sp³-hybridized carbons (Fsp3) is 0.250. The average molecular weight is 336 g/mol. The summed E-state index contributed by atoms with van der Waals surface area (Å²) in [6.07, 6.45) is 0.740. The molecular weight excluding hydrogens is 316 g/mol. The van der Waals surface area contributed by atoms with Crippen LogP contribution < -0.4 is 4.90 Å². The summed E-state index contributed by atoms with van der Waals surface area (Å²) in [7, 11) is 0. The van der Waals surface area contributed by atoms with Crippen LogP contribution in [-0.4, -0.2) is 35.7 Å². The van der Waals surface area contributed by atoms with Gasteiger partial charge in [0.05, 0.1) is 11.1 Å². The van der Waals surface area contributed by atoms with Gasteiger partial charge in [0, 0.05) is 25.2 Å². The Hall–Kier alpha value is -2.95. The summed E-state index contributed by atoms with van der Waals surface area (Å²) in [4.78, 5) is 40.0. The highest BCUT2D eigenvalue weighted by Crippen LogP contribution is 2.23. The van der Waals surface area contributed by atoms with Crippen LogP contribution in [0.15, 0.2) is 54.6 Å². The maximum Gasteiger partial charge on any atom is 0.261 e. The quantitative estimate of drug-likeness (QED) is 0.762. The molecule has 25 heavy (non-hydrogen) atoms. The van der Waals surface area contributed by atoms with Gasteiger partial charge >= 0.3 is 0 Å². The van der Waals surface area contributed by atoms with E-state index >= 15 is 0 Å². The number of fused-ring (bicyclic) bond motifs is 1. The van der Waals surface area contributed by atoms with Gasteiger partial charge in [-0.2, -0.15) is 0 Å². The Kier molecular flexibility index (Phi) is 4.93. The molecule has 5 heteroatoms. The van der Waals surface area contributed by atoms with Gasteiger partial charge in [-0.25, -0.2) is 0 Å². The number of carbonyl (C=O) groups excluding carboxylic acids is 3. The van der Waals surface area contributed by atoms with Crippen molar-refractivity contribution in [2.75, 3.05) is 18.0 Å². The van der Waals surface area contributed by atoms with Crippen LogP contribution in [0.3, 0.4) is 0 Å². The van der Waals surface area contributed by atoms with Crippen molar-refractivity contribution >= 4 is 23.4 Å². The first-order valence-corrected chi connectivity index (χ1v) is 8.44. The van der Waals surface area contributed by atoms with Crippen LogP contribution in [0.1, 0.15) is 40.5 Å². The lowest BCUT2D eigenvalue weighted by Gasteiger charge is -2.21. The van der Waals surface area contributed by atoms with E-state index in [0.29, 0.717) is 24.1 Å². The van der Waals surface area contributed by atoms with Gasteiger partial charge in [0.1, 0.15) is 0 Å². The summed E-state index contributed by atoms with van der Waals surface area (Å²) in [5, 5.41) is 0. The Morgan fingerprint density at radius 2 is 1.48 bits per heavy atom. The molecule has 0 bridgehead atoms. The number of amides is 3. The minimum atomic E-state index is -0.275. The molecule has 1 aliphatic rings. The summed E-state index contributed by atoms with van der Waals surface area (Å²) in [5.41, 5.74) is 1.74. The van der Waals surface area contributed by atoms with Gasteiger partial charge in [-0.1, -0.05) is 30.3 Å². The fourth-order valence-electron chi connectivity index (χ4n) is 3.08. The molecular formula is C20H20N2O3. The van der Waals surface area contributed by atoms with E-state index in [9.17, 15) is 14.4 Å². The molecule has 0 N–H and O–H groups in total. The SMILES string of the molecule is CCN(C(=O)CCCN1C(=O)c2ccccc2C1=O)c1ccccc1. The van der Waals surface area contributed by atoms with Gasteiger partial charge in [-0.05, 0) is 37.6 Å². The lowest BCUT2D eigenvalue weighted by Crippen LogP contribution is -2.33. The molecule has 0 unspecified atom stereocenters. The summed E-state index contributed by atoms with van der Waals surface area (Å²) < 4.78 is 0. The van der Waals surface area contributed by atoms with E-state index in [1.807, 2.05) is 37.3 Å². The van der Waals surface area contributed by atoms with E-state index < -0.39 is 0 Å². The van der Waals surface area contributed by atoms with Crippen molar-refractivity contribution in [3.63, 3.8) is 0 Å². The number of rotatable bonds is 6. The van der Waals surface area contributed by atoms with Crippen LogP contribution in [0.5, 0.6) is 0 Å². The van der Waals surface area contributed by atoms with E-state index in [0.717, 1.165) is 5.69 Å². The predicted molar refractivity (Wildman–Crippen MR) is 95.5 cm³/mol. The Morgan fingerprint density at radius 1 is 0.920 bits per heavy atom. The minimum Gasteiger partial charge on any atom is -0.313 e. The first-order valence-electron chi connectivity index (χ1n) is 8.44. The molecule has 3 rings (SSSR count). The molecule has 0 radical (unpaired) electrons. The summed E-state index contributed by atoms with van der Waals surface area (Å²) in [6.45, 7) is 2.76. The molecule has 0 aromatic heterocycles. The largest absolute Gasteiger partial charge is 0.313 e. The van der Waals surface area contributed by atoms with Gasteiger partial charge in [-0.3, -0.25) is 19.3 Å². The van der Waals surface area contributed by atoms with Crippen molar-refractivity contribution in [1.29, 1.82) is 0 Å². The molecule has 0 aliphatic carbocycles. The molecule has 0 saturated heterocycles. The van der Waals surface area contributed by atoms with Crippen molar-refractivity contribution in [2.24, 2.45) is 0 Å². The second-order valence-corrected chi connectivity index (χ2v) is 5.88. The number of carbonyl (C=O) groups is 3. The monoisotopic (exact) mass is 336 g/mol. The van der Waals surface area contributed by atoms with Gasteiger partial charge in [-0.15, -0.1) is 0 Å². The third-order valence-electron chi connectivity index (χ3n) is 4.34. The summed E-state index contributed by atoms with van der Waals surface area (Å²) >= 11 is 0. The zero-order chi connectivity index (χ0) is 17.8. The zero-order valence-electron chi connectivity index (χ0n) is 14.1. The molecule has 2 aromatic carbocycles. The Bertz CT molecular complexity index is 767. The van der Waals surface area contributed by atoms with Crippen LogP contribution >= 0.6 is 0 Å². The third kappa shape index (κ3) is 3.31. The van der Waals surface area contributed by atoms with E-state index in [1.54, 1.807) is 29.2 Å². The maximum absolute atomic E-state index is 12.5. The molecule has 0 fully saturated rings. The van der Waals surface area contributed by atoms with Gasteiger partial charge < -0.3 is 4.90 Å². The minimum absolute atomic E-state index is 0.00897. The lowest BCUT2D eigenvalue weighted by atomic mass is 10.1. The smallest absolute Gasteiger partial charge is 0.261 e. The molecule has 0 saturated carbocycles. The number of benzene rings is 2. The highest BCUT2D eigenvalue weighted by Gasteiger charge is 2.34. The molecule has 2 aromatic rings. The van der Waals surface area contributed by atoms with E-state index in [2.05, 4.69) is 0 Å². The van der Waals surface area contributed by atoms with Gasteiger partial charge in [0.15, 0.2) is 0 Å². The van der Waals surface area contributed by atoms with Crippen molar-refractivity contribution < 1.29 is 14.4 Å². The van der Waals surface area contributed by atoms with Gasteiger partial charge in [0.2, 0.25) is 5.91 Å². The summed E-state index contributed by atoms with van der Waals surface area (Å²) in [5.74, 6) is -0.558. The fourth-order valence-corrected chi connectivity index (χ4v) is 3.08. The first kappa shape index (κ1) is 16.9. The zero-order valence-corrected chi connectivity index (χ0v) is 14.1. The number of para-hydroxylation sites is 1. The number of anilines is 1. The van der Waals surface area contributed by atoms with E-state index in [-0.39, 0.29) is 30.7 Å². The Balaban J connectivity index is 1.59. The topological polar surface area (TPSA) is 57.7 Å². The number of hydrogen-bond acceptors (Lipinski definition) is 3. The Labute approximate surface area is 146 Å². The molecule has 1 aliphatic heterocycles. The third-order valence-corrected chi connectivity index (χ3v) is 4.34. The van der Waals surface area contributed by atoms with Crippen molar-refractivity contribution in [3.05, 3.63) is 65.7 Å². The van der Waals surface area contributed by atoms with Crippen molar-refractivity contribution in [1.82, 2.24) is 4.90 Å². The van der Waals surface area contributed by atoms with Crippen LogP contribution in [0.25, 0.3) is 0 Å². The number of nitrogens with zero attached hydrogens (tertiary/aromatic N) is 2. The molecule has 1 heterocycles. The van der Waals surface area contributed by atoms with Crippen LogP contribution in [0.4, 0.5) is 5.69 Å². The Morgan fingerprint density at radius 3 is 2.04 bits per heavy atom. The number of imide groups is 1. The average Bonchev–Trinajstić information content (AvgIpc) is 2.88. The van der Waals surface area contributed by atoms with E-state index in [1.165, 1.54) is 4.90 Å². The molecule has 5 nitrogen and oxygen atoms in total. The predicted octanol–water partition coefficient (Wildman–Crippen LogP) is 3.12. The van der Waals surface area contributed by atoms with Crippen LogP contribution in [0.2, 0.25) is 0 Å². The van der Waals surface area contributed by atoms with Gasteiger partial charge in [0.25, 0.3) is 11.8 Å². The lowest BCUT2D eigenvalue weighted by molar-refractivity contribution is -0.118. The van der Waals surface area contributed by atoms with Crippen LogP contribution in [-0.2, 0) is 4.79 Å². The molecule has 3 amide bonds. The maximum atomic E-state index is 12.5. The summed E-state index contributed by atoms with van der Waals surface area (Å²) in [6, 6.07) is 16.3. The molecule has 0 spiro atoms. The van der Waals surface area contributed by atoms with Crippen molar-refractivity contribution in [3.8, 4) is 0 Å². The highest BCUT2D eigenvalue weighted by molar-refractivity contribution is 6.21. The highest BCUT2D eigenvalue weighted by atomic mass is 16.2. The second-order valence-electron chi connectivity index (χ2n) is 5.88. The molecule has 128 valence electrons. The first-order chi connectivity index (χ1) is 12.1. The van der Waals surface area contributed by atoms with E-state index in [4.69, 9.17) is 0 Å².